The van der Waals surface area contributed by atoms with E-state index in [0.29, 0.717) is 5.13 Å². The van der Waals surface area contributed by atoms with E-state index in [0.717, 1.165) is 41.0 Å². The zero-order valence-corrected chi connectivity index (χ0v) is 14.5. The van der Waals surface area contributed by atoms with Gasteiger partial charge in [-0.15, -0.1) is 16.4 Å². The van der Waals surface area contributed by atoms with Crippen molar-refractivity contribution in [1.82, 2.24) is 19.6 Å². The smallest absolute Gasteiger partial charge is 0.214 e. The van der Waals surface area contributed by atoms with Crippen molar-refractivity contribution in [3.63, 3.8) is 0 Å². The van der Waals surface area contributed by atoms with Crippen molar-refractivity contribution in [1.29, 1.82) is 0 Å². The van der Waals surface area contributed by atoms with E-state index in [1.807, 2.05) is 10.7 Å². The Kier molecular flexibility index (Phi) is 2.96. The highest BCUT2D eigenvalue weighted by molar-refractivity contribution is 7.20. The van der Waals surface area contributed by atoms with Gasteiger partial charge in [0.1, 0.15) is 0 Å². The normalized spacial score (nSPS) is 15.5. The van der Waals surface area contributed by atoms with Crippen molar-refractivity contribution in [2.24, 2.45) is 0 Å². The average molecular weight is 334 g/mol. The van der Waals surface area contributed by atoms with Crippen LogP contribution in [0.25, 0.3) is 4.96 Å². The molecule has 0 atom stereocenters. The highest BCUT2D eigenvalue weighted by Gasteiger charge is 2.24. The molecule has 4 heterocycles. The molecule has 0 aromatic carbocycles. The Hall–Kier alpha value is -1.67. The summed E-state index contributed by atoms with van der Waals surface area (Å²) in [4.78, 5) is 13.6. The molecule has 6 nitrogen and oxygen atoms in total. The number of aromatic nitrogens is 4. The lowest BCUT2D eigenvalue weighted by molar-refractivity contribution is 0.572. The Bertz CT molecular complexity index is 806. The summed E-state index contributed by atoms with van der Waals surface area (Å²) in [6.45, 7) is 8.27. The molecule has 0 amide bonds. The highest BCUT2D eigenvalue weighted by atomic mass is 32.1. The van der Waals surface area contributed by atoms with Gasteiger partial charge in [-0.3, -0.25) is 0 Å². The molecule has 1 aliphatic rings. The molecule has 22 heavy (non-hydrogen) atoms. The maximum atomic E-state index is 5.81. The lowest BCUT2D eigenvalue weighted by Crippen LogP contribution is -2.29. The Morgan fingerprint density at radius 3 is 2.77 bits per heavy atom. The standard InChI is InChI=1S/C14H18N6S2/c1-14(2,3)10-7-20-12(17-10)22-13(18-20)19-5-4-8-9(6-19)21-11(15)16-8/h7H,4-6H2,1-3H3,(H2,15,16). The topological polar surface area (TPSA) is 72.3 Å². The van der Waals surface area contributed by atoms with Crippen molar-refractivity contribution in [3.8, 4) is 0 Å². The molecule has 0 radical (unpaired) electrons. The first kappa shape index (κ1) is 14.0. The third-order valence-electron chi connectivity index (χ3n) is 3.82. The maximum absolute atomic E-state index is 5.81. The summed E-state index contributed by atoms with van der Waals surface area (Å²) in [5, 5.41) is 6.38. The summed E-state index contributed by atoms with van der Waals surface area (Å²) in [6, 6.07) is 0. The van der Waals surface area contributed by atoms with E-state index >= 15 is 0 Å². The van der Waals surface area contributed by atoms with Gasteiger partial charge in [0.05, 0.1) is 24.1 Å². The van der Waals surface area contributed by atoms with Crippen LogP contribution in [0.3, 0.4) is 0 Å². The van der Waals surface area contributed by atoms with E-state index in [1.54, 1.807) is 22.7 Å². The van der Waals surface area contributed by atoms with Gasteiger partial charge in [0.15, 0.2) is 5.13 Å². The number of hydrogen-bond donors (Lipinski definition) is 1. The van der Waals surface area contributed by atoms with Crippen LogP contribution in [0.1, 0.15) is 37.0 Å². The molecule has 0 fully saturated rings. The number of imidazole rings is 1. The van der Waals surface area contributed by atoms with Crippen LogP contribution in [0.5, 0.6) is 0 Å². The molecule has 0 aliphatic carbocycles. The van der Waals surface area contributed by atoms with Gasteiger partial charge in [-0.1, -0.05) is 32.1 Å². The van der Waals surface area contributed by atoms with E-state index < -0.39 is 0 Å². The summed E-state index contributed by atoms with van der Waals surface area (Å²) >= 11 is 3.22. The van der Waals surface area contributed by atoms with Crippen molar-refractivity contribution < 1.29 is 0 Å². The molecule has 3 aromatic rings. The fraction of sp³-hybridized carbons (Fsp3) is 0.500. The molecule has 4 rings (SSSR count). The van der Waals surface area contributed by atoms with Gasteiger partial charge in [0.2, 0.25) is 10.1 Å². The number of anilines is 2. The minimum Gasteiger partial charge on any atom is -0.375 e. The van der Waals surface area contributed by atoms with Crippen LogP contribution in [-0.4, -0.2) is 26.1 Å². The number of nitrogens with zero attached hydrogens (tertiary/aromatic N) is 5. The van der Waals surface area contributed by atoms with Crippen LogP contribution in [0.4, 0.5) is 10.3 Å². The molecular weight excluding hydrogens is 316 g/mol. The molecule has 2 N–H and O–H groups in total. The van der Waals surface area contributed by atoms with Crippen LogP contribution >= 0.6 is 22.7 Å². The minimum atomic E-state index is 0.0494. The van der Waals surface area contributed by atoms with Gasteiger partial charge in [-0.2, -0.15) is 0 Å². The van der Waals surface area contributed by atoms with Crippen LogP contribution < -0.4 is 10.6 Å². The van der Waals surface area contributed by atoms with Gasteiger partial charge in [-0.25, -0.2) is 14.5 Å². The highest BCUT2D eigenvalue weighted by Crippen LogP contribution is 2.32. The second-order valence-electron chi connectivity index (χ2n) is 6.58. The van der Waals surface area contributed by atoms with Crippen LogP contribution in [-0.2, 0) is 18.4 Å². The largest absolute Gasteiger partial charge is 0.375 e. The zero-order valence-electron chi connectivity index (χ0n) is 12.8. The number of nitrogens with two attached hydrogens (primary N) is 1. The van der Waals surface area contributed by atoms with Crippen molar-refractivity contribution in [3.05, 3.63) is 22.5 Å². The second-order valence-corrected chi connectivity index (χ2v) is 8.63. The van der Waals surface area contributed by atoms with E-state index in [1.165, 1.54) is 4.88 Å². The predicted molar refractivity (Wildman–Crippen MR) is 90.8 cm³/mol. The van der Waals surface area contributed by atoms with Crippen LogP contribution in [0, 0.1) is 0 Å². The second kappa shape index (κ2) is 4.66. The molecule has 116 valence electrons. The number of nitrogen functional groups attached to an aromatic ring is 1. The maximum Gasteiger partial charge on any atom is 0.214 e. The molecule has 0 spiro atoms. The fourth-order valence-electron chi connectivity index (χ4n) is 2.56. The number of thiazole rings is 1. The van der Waals surface area contributed by atoms with Gasteiger partial charge >= 0.3 is 0 Å². The first-order valence-corrected chi connectivity index (χ1v) is 8.89. The van der Waals surface area contributed by atoms with Crippen molar-refractivity contribution in [2.75, 3.05) is 17.2 Å². The Labute approximate surface area is 136 Å². The third kappa shape index (κ3) is 2.26. The molecule has 1 aliphatic heterocycles. The van der Waals surface area contributed by atoms with Crippen LogP contribution in [0.15, 0.2) is 6.20 Å². The molecule has 8 heteroatoms. The van der Waals surface area contributed by atoms with Gasteiger partial charge in [0.25, 0.3) is 0 Å². The van der Waals surface area contributed by atoms with Gasteiger partial charge < -0.3 is 10.6 Å². The first-order chi connectivity index (χ1) is 10.4. The quantitative estimate of drug-likeness (QED) is 0.741. The molecule has 0 bridgehead atoms. The number of hydrogen-bond acceptors (Lipinski definition) is 7. The third-order valence-corrected chi connectivity index (χ3v) is 5.71. The Morgan fingerprint density at radius 2 is 2.05 bits per heavy atom. The molecular formula is C14H18N6S2. The fourth-order valence-corrected chi connectivity index (χ4v) is 4.36. The minimum absolute atomic E-state index is 0.0494. The zero-order chi connectivity index (χ0) is 15.5. The number of rotatable bonds is 1. The average Bonchev–Trinajstić information content (AvgIpc) is 3.06. The van der Waals surface area contributed by atoms with Crippen molar-refractivity contribution >= 4 is 37.9 Å². The molecule has 3 aromatic heterocycles. The predicted octanol–water partition coefficient (Wildman–Crippen LogP) is 2.69. The summed E-state index contributed by atoms with van der Waals surface area (Å²) in [6.07, 6.45) is 2.97. The Balaban J connectivity index is 1.63. The lowest BCUT2D eigenvalue weighted by Gasteiger charge is -2.24. The monoisotopic (exact) mass is 334 g/mol. The van der Waals surface area contributed by atoms with Gasteiger partial charge in [0, 0.05) is 23.3 Å². The van der Waals surface area contributed by atoms with Crippen LogP contribution in [0.2, 0.25) is 0 Å². The summed E-state index contributed by atoms with van der Waals surface area (Å²) < 4.78 is 1.90. The van der Waals surface area contributed by atoms with E-state index in [-0.39, 0.29) is 5.41 Å². The summed E-state index contributed by atoms with van der Waals surface area (Å²) in [5.74, 6) is 0. The van der Waals surface area contributed by atoms with E-state index in [2.05, 4.69) is 30.7 Å². The molecule has 0 saturated heterocycles. The lowest BCUT2D eigenvalue weighted by atomic mass is 9.93. The van der Waals surface area contributed by atoms with Crippen molar-refractivity contribution in [2.45, 2.75) is 39.2 Å². The van der Waals surface area contributed by atoms with Gasteiger partial charge in [-0.05, 0) is 0 Å². The first-order valence-electron chi connectivity index (χ1n) is 7.26. The van der Waals surface area contributed by atoms with E-state index in [4.69, 9.17) is 15.8 Å². The summed E-state index contributed by atoms with van der Waals surface area (Å²) in [7, 11) is 0. The summed E-state index contributed by atoms with van der Waals surface area (Å²) in [5.41, 5.74) is 8.08. The SMILES string of the molecule is CC(C)(C)c1cn2nc(N3CCc4nc(N)sc4C3)sc2n1. The van der Waals surface area contributed by atoms with E-state index in [9.17, 15) is 0 Å². The molecule has 0 unspecified atom stereocenters. The molecule has 0 saturated carbocycles. The number of fused-ring (bicyclic) bond motifs is 2. The Morgan fingerprint density at radius 1 is 1.23 bits per heavy atom.